The third-order valence-corrected chi connectivity index (χ3v) is 5.30. The maximum absolute atomic E-state index is 12.5. The van der Waals surface area contributed by atoms with Gasteiger partial charge in [-0.05, 0) is 36.8 Å². The first-order valence-corrected chi connectivity index (χ1v) is 10.1. The van der Waals surface area contributed by atoms with E-state index in [0.29, 0.717) is 12.5 Å². The quantitative estimate of drug-likeness (QED) is 0.559. The van der Waals surface area contributed by atoms with Crippen molar-refractivity contribution < 1.29 is 9.53 Å². The van der Waals surface area contributed by atoms with Crippen LogP contribution < -0.4 is 11.1 Å². The average molecular weight is 395 g/mol. The number of piperidine rings is 1. The largest absolute Gasteiger partial charge is 0.380 e. The Morgan fingerprint density at radius 1 is 1.14 bits per heavy atom. The van der Waals surface area contributed by atoms with Crippen molar-refractivity contribution in [3.05, 3.63) is 65.7 Å². The van der Waals surface area contributed by atoms with Gasteiger partial charge in [-0.25, -0.2) is 4.99 Å². The Labute approximate surface area is 172 Å². The lowest BCUT2D eigenvalue weighted by Gasteiger charge is -2.31. The van der Waals surface area contributed by atoms with Gasteiger partial charge in [0.1, 0.15) is 6.54 Å². The molecule has 1 aliphatic rings. The van der Waals surface area contributed by atoms with E-state index >= 15 is 0 Å². The van der Waals surface area contributed by atoms with Crippen molar-refractivity contribution in [1.29, 1.82) is 0 Å². The van der Waals surface area contributed by atoms with Gasteiger partial charge in [0.25, 0.3) is 0 Å². The zero-order valence-electron chi connectivity index (χ0n) is 17.0. The first-order chi connectivity index (χ1) is 14.2. The highest BCUT2D eigenvalue weighted by molar-refractivity contribution is 5.94. The van der Waals surface area contributed by atoms with Gasteiger partial charge in [-0.3, -0.25) is 4.79 Å². The second-order valence-electron chi connectivity index (χ2n) is 7.43. The number of nitrogens with one attached hydrogen (secondary N) is 1. The molecule has 1 aliphatic heterocycles. The Morgan fingerprint density at radius 3 is 2.55 bits per heavy atom. The van der Waals surface area contributed by atoms with E-state index in [1.807, 2.05) is 35.2 Å². The lowest BCUT2D eigenvalue weighted by atomic mass is 9.90. The van der Waals surface area contributed by atoms with Crippen LogP contribution in [0.5, 0.6) is 0 Å². The summed E-state index contributed by atoms with van der Waals surface area (Å²) in [6, 6.07) is 18.3. The van der Waals surface area contributed by atoms with E-state index in [2.05, 4.69) is 34.6 Å². The normalized spacial score (nSPS) is 15.3. The Kier molecular flexibility index (Phi) is 7.64. The molecule has 3 N–H and O–H groups in total. The number of aliphatic imine (C=N–C) groups is 1. The number of para-hydroxylation sites is 1. The van der Waals surface area contributed by atoms with Gasteiger partial charge in [0, 0.05) is 31.5 Å². The van der Waals surface area contributed by atoms with Crippen LogP contribution in [-0.4, -0.2) is 43.5 Å². The summed E-state index contributed by atoms with van der Waals surface area (Å²) in [4.78, 5) is 18.6. The number of hydrogen-bond acceptors (Lipinski definition) is 3. The van der Waals surface area contributed by atoms with Crippen LogP contribution in [0.3, 0.4) is 0 Å². The first-order valence-electron chi connectivity index (χ1n) is 10.1. The Balaban J connectivity index is 1.46. The fourth-order valence-corrected chi connectivity index (χ4v) is 3.69. The van der Waals surface area contributed by atoms with E-state index in [-0.39, 0.29) is 18.4 Å². The highest BCUT2D eigenvalue weighted by atomic mass is 16.5. The molecule has 0 atom stereocenters. The van der Waals surface area contributed by atoms with Gasteiger partial charge >= 0.3 is 0 Å². The molecular formula is C23H30N4O2. The third kappa shape index (κ3) is 6.32. The summed E-state index contributed by atoms with van der Waals surface area (Å²) in [6.45, 7) is 2.12. The summed E-state index contributed by atoms with van der Waals surface area (Å²) >= 11 is 0. The van der Waals surface area contributed by atoms with Crippen molar-refractivity contribution in [3.63, 3.8) is 0 Å². The van der Waals surface area contributed by atoms with Crippen LogP contribution in [0, 0.1) is 5.92 Å². The van der Waals surface area contributed by atoms with Crippen molar-refractivity contribution >= 4 is 17.6 Å². The van der Waals surface area contributed by atoms with Crippen LogP contribution in [0.1, 0.15) is 24.0 Å². The van der Waals surface area contributed by atoms with Crippen LogP contribution in [0.4, 0.5) is 5.69 Å². The lowest BCUT2D eigenvalue weighted by molar-refractivity contribution is -0.130. The van der Waals surface area contributed by atoms with E-state index in [1.54, 1.807) is 7.11 Å². The number of benzene rings is 2. The number of amides is 1. The number of likely N-dealkylation sites (tertiary alicyclic amines) is 1. The van der Waals surface area contributed by atoms with Gasteiger partial charge in [0.05, 0.1) is 6.61 Å². The molecule has 29 heavy (non-hydrogen) atoms. The average Bonchev–Trinajstić information content (AvgIpc) is 2.75. The minimum atomic E-state index is 0.0260. The number of methoxy groups -OCH3 is 1. The maximum Gasteiger partial charge on any atom is 0.244 e. The van der Waals surface area contributed by atoms with Gasteiger partial charge in [-0.15, -0.1) is 0 Å². The van der Waals surface area contributed by atoms with Gasteiger partial charge in [-0.1, -0.05) is 48.5 Å². The molecule has 0 spiro atoms. The fraction of sp³-hybridized carbons (Fsp3) is 0.391. The molecule has 1 saturated heterocycles. The number of rotatable bonds is 7. The summed E-state index contributed by atoms with van der Waals surface area (Å²) in [6.07, 6.45) is 3.14. The van der Waals surface area contributed by atoms with Crippen LogP contribution in [0.15, 0.2) is 59.6 Å². The number of carbonyl (C=O) groups is 1. The van der Waals surface area contributed by atoms with Crippen molar-refractivity contribution in [1.82, 2.24) is 4.90 Å². The summed E-state index contributed by atoms with van der Waals surface area (Å²) < 4.78 is 5.19. The standard InChI is InChI=1S/C23H30N4O2/c1-29-17-20-9-5-6-10-21(20)26-23(24)25-16-22(28)27-13-11-19(12-14-27)15-18-7-3-2-4-8-18/h2-10,19H,11-17H2,1H3,(H3,24,25,26). The predicted molar refractivity (Wildman–Crippen MR) is 117 cm³/mol. The number of carbonyl (C=O) groups excluding carboxylic acids is 1. The first kappa shape index (κ1) is 20.9. The molecule has 0 aromatic heterocycles. The Hall–Kier alpha value is -2.86. The van der Waals surface area contributed by atoms with Gasteiger partial charge < -0.3 is 20.7 Å². The molecule has 2 aromatic rings. The molecule has 0 bridgehead atoms. The van der Waals surface area contributed by atoms with Crippen molar-refractivity contribution in [2.45, 2.75) is 25.9 Å². The molecule has 6 nitrogen and oxygen atoms in total. The highest BCUT2D eigenvalue weighted by Crippen LogP contribution is 2.21. The number of guanidine groups is 1. The Morgan fingerprint density at radius 2 is 1.83 bits per heavy atom. The number of hydrogen-bond donors (Lipinski definition) is 2. The van der Waals surface area contributed by atoms with E-state index in [1.165, 1.54) is 5.56 Å². The SMILES string of the molecule is COCc1ccccc1NC(N)=NCC(=O)N1CCC(Cc2ccccc2)CC1. The summed E-state index contributed by atoms with van der Waals surface area (Å²) in [5.74, 6) is 0.896. The number of nitrogens with two attached hydrogens (primary N) is 1. The predicted octanol–water partition coefficient (Wildman–Crippen LogP) is 3.04. The second-order valence-corrected chi connectivity index (χ2v) is 7.43. The molecule has 1 heterocycles. The van der Waals surface area contributed by atoms with Crippen molar-refractivity contribution in [3.8, 4) is 0 Å². The van der Waals surface area contributed by atoms with Crippen LogP contribution in [-0.2, 0) is 22.6 Å². The zero-order valence-corrected chi connectivity index (χ0v) is 17.0. The van der Waals surface area contributed by atoms with Crippen LogP contribution in [0.25, 0.3) is 0 Å². The molecule has 1 fully saturated rings. The number of anilines is 1. The molecule has 0 aliphatic carbocycles. The number of ether oxygens (including phenoxy) is 1. The minimum absolute atomic E-state index is 0.0260. The molecular weight excluding hydrogens is 364 g/mol. The van der Waals surface area contributed by atoms with E-state index in [9.17, 15) is 4.79 Å². The topological polar surface area (TPSA) is 80.0 Å². The van der Waals surface area contributed by atoms with Gasteiger partial charge in [-0.2, -0.15) is 0 Å². The van der Waals surface area contributed by atoms with E-state index in [4.69, 9.17) is 10.5 Å². The van der Waals surface area contributed by atoms with Crippen molar-refractivity contribution in [2.75, 3.05) is 32.1 Å². The van der Waals surface area contributed by atoms with E-state index < -0.39 is 0 Å². The lowest BCUT2D eigenvalue weighted by Crippen LogP contribution is -2.40. The highest BCUT2D eigenvalue weighted by Gasteiger charge is 2.22. The summed E-state index contributed by atoms with van der Waals surface area (Å²) in [7, 11) is 1.65. The molecule has 1 amide bonds. The van der Waals surface area contributed by atoms with Crippen LogP contribution >= 0.6 is 0 Å². The second kappa shape index (κ2) is 10.6. The monoisotopic (exact) mass is 394 g/mol. The fourth-order valence-electron chi connectivity index (χ4n) is 3.69. The molecule has 0 saturated carbocycles. The molecule has 154 valence electrons. The minimum Gasteiger partial charge on any atom is -0.380 e. The van der Waals surface area contributed by atoms with Crippen LogP contribution in [0.2, 0.25) is 0 Å². The molecule has 0 radical (unpaired) electrons. The molecule has 6 heteroatoms. The van der Waals surface area contributed by atoms with E-state index in [0.717, 1.165) is 43.6 Å². The Bertz CT molecular complexity index is 815. The summed E-state index contributed by atoms with van der Waals surface area (Å²) in [5, 5.41) is 3.06. The molecule has 2 aromatic carbocycles. The van der Waals surface area contributed by atoms with Gasteiger partial charge in [0.2, 0.25) is 5.91 Å². The molecule has 3 rings (SSSR count). The summed E-state index contributed by atoms with van der Waals surface area (Å²) in [5.41, 5.74) is 9.18. The molecule has 0 unspecified atom stereocenters. The zero-order chi connectivity index (χ0) is 20.5. The maximum atomic E-state index is 12.5. The third-order valence-electron chi connectivity index (χ3n) is 5.30. The number of nitrogens with zero attached hydrogens (tertiary/aromatic N) is 2. The smallest absolute Gasteiger partial charge is 0.244 e. The van der Waals surface area contributed by atoms with Crippen molar-refractivity contribution in [2.24, 2.45) is 16.6 Å². The van der Waals surface area contributed by atoms with Gasteiger partial charge in [0.15, 0.2) is 5.96 Å².